The van der Waals surface area contributed by atoms with Crippen molar-refractivity contribution < 1.29 is 4.79 Å². The van der Waals surface area contributed by atoms with E-state index in [-0.39, 0.29) is 24.8 Å². The summed E-state index contributed by atoms with van der Waals surface area (Å²) in [5.74, 6) is 0.778. The van der Waals surface area contributed by atoms with E-state index in [2.05, 4.69) is 16.6 Å². The molecule has 21 heavy (non-hydrogen) atoms. The molecule has 1 aromatic heterocycles. The van der Waals surface area contributed by atoms with E-state index in [1.54, 1.807) is 0 Å². The zero-order chi connectivity index (χ0) is 13.2. The van der Waals surface area contributed by atoms with Crippen molar-refractivity contribution in [2.45, 2.75) is 37.6 Å². The molecule has 5 nitrogen and oxygen atoms in total. The second-order valence-electron chi connectivity index (χ2n) is 5.77. The van der Waals surface area contributed by atoms with Crippen LogP contribution in [0.5, 0.6) is 0 Å². The number of rotatable bonds is 3. The lowest BCUT2D eigenvalue weighted by atomic mass is 10.0. The lowest BCUT2D eigenvalue weighted by molar-refractivity contribution is -0.130. The standard InChI is InChI=1S/C14H22N4O.2ClH/c1-17-9-12(8-16-17)11-4-6-18(10-11)14(19)7-13-3-2-5-15-13;;/h8-9,11,13,15H,2-7,10H2,1H3;2*1H. The molecule has 2 aliphatic heterocycles. The topological polar surface area (TPSA) is 50.2 Å². The summed E-state index contributed by atoms with van der Waals surface area (Å²) in [4.78, 5) is 14.3. The maximum Gasteiger partial charge on any atom is 0.224 e. The van der Waals surface area contributed by atoms with E-state index in [1.165, 1.54) is 12.0 Å². The number of carbonyl (C=O) groups is 1. The number of hydrogen-bond acceptors (Lipinski definition) is 3. The maximum atomic E-state index is 12.2. The molecule has 2 fully saturated rings. The van der Waals surface area contributed by atoms with Gasteiger partial charge in [0.05, 0.1) is 6.20 Å². The summed E-state index contributed by atoms with van der Waals surface area (Å²) in [7, 11) is 1.94. The Hall–Kier alpha value is -0.780. The van der Waals surface area contributed by atoms with Crippen molar-refractivity contribution in [2.24, 2.45) is 7.05 Å². The van der Waals surface area contributed by atoms with E-state index in [0.717, 1.165) is 32.5 Å². The van der Waals surface area contributed by atoms with Crippen LogP contribution in [0.4, 0.5) is 0 Å². The zero-order valence-corrected chi connectivity index (χ0v) is 14.0. The van der Waals surface area contributed by atoms with Crippen molar-refractivity contribution in [1.82, 2.24) is 20.0 Å². The Morgan fingerprint density at radius 2 is 2.24 bits per heavy atom. The van der Waals surface area contributed by atoms with Gasteiger partial charge in [0.2, 0.25) is 5.91 Å². The van der Waals surface area contributed by atoms with Gasteiger partial charge in [-0.2, -0.15) is 5.10 Å². The van der Waals surface area contributed by atoms with Gasteiger partial charge in [-0.1, -0.05) is 0 Å². The Bertz CT molecular complexity index is 460. The number of halogens is 2. The predicted octanol–water partition coefficient (Wildman–Crippen LogP) is 1.72. The van der Waals surface area contributed by atoms with Crippen LogP contribution in [-0.4, -0.2) is 46.3 Å². The Kier molecular flexibility index (Phi) is 6.97. The van der Waals surface area contributed by atoms with E-state index >= 15 is 0 Å². The average Bonchev–Trinajstić information content (AvgIpc) is 3.07. The molecule has 2 atom stereocenters. The lowest BCUT2D eigenvalue weighted by Gasteiger charge is -2.18. The third-order valence-electron chi connectivity index (χ3n) is 4.32. The summed E-state index contributed by atoms with van der Waals surface area (Å²) in [6.45, 7) is 2.82. The Balaban J connectivity index is 0.00000110. The number of nitrogens with one attached hydrogen (secondary N) is 1. The van der Waals surface area contributed by atoms with Crippen molar-refractivity contribution in [2.75, 3.05) is 19.6 Å². The van der Waals surface area contributed by atoms with Crippen molar-refractivity contribution >= 4 is 30.7 Å². The smallest absolute Gasteiger partial charge is 0.224 e. The molecule has 1 amide bonds. The van der Waals surface area contributed by atoms with Gasteiger partial charge in [0.25, 0.3) is 0 Å². The van der Waals surface area contributed by atoms with Crippen LogP contribution in [0, 0.1) is 0 Å². The molecule has 2 saturated heterocycles. The van der Waals surface area contributed by atoms with Crippen LogP contribution < -0.4 is 5.32 Å². The van der Waals surface area contributed by atoms with Gasteiger partial charge in [0.15, 0.2) is 0 Å². The van der Waals surface area contributed by atoms with Gasteiger partial charge in [-0.25, -0.2) is 0 Å². The minimum Gasteiger partial charge on any atom is -0.342 e. The molecule has 120 valence electrons. The molecule has 0 spiro atoms. The van der Waals surface area contributed by atoms with Gasteiger partial charge in [0, 0.05) is 44.7 Å². The molecule has 0 radical (unpaired) electrons. The summed E-state index contributed by atoms with van der Waals surface area (Å²) < 4.78 is 1.84. The van der Waals surface area contributed by atoms with Gasteiger partial charge in [-0.05, 0) is 31.4 Å². The molecule has 0 aromatic carbocycles. The van der Waals surface area contributed by atoms with Crippen LogP contribution in [0.15, 0.2) is 12.4 Å². The first kappa shape index (κ1) is 18.3. The summed E-state index contributed by atoms with van der Waals surface area (Å²) in [5.41, 5.74) is 1.26. The second kappa shape index (κ2) is 8.01. The Labute approximate surface area is 138 Å². The highest BCUT2D eigenvalue weighted by molar-refractivity contribution is 5.85. The summed E-state index contributed by atoms with van der Waals surface area (Å²) in [5, 5.41) is 7.61. The number of hydrogen-bond donors (Lipinski definition) is 1. The number of amides is 1. The highest BCUT2D eigenvalue weighted by atomic mass is 35.5. The second-order valence-corrected chi connectivity index (χ2v) is 5.77. The minimum absolute atomic E-state index is 0. The first-order valence-corrected chi connectivity index (χ1v) is 7.22. The molecule has 1 aromatic rings. The van der Waals surface area contributed by atoms with Crippen LogP contribution in [0.1, 0.15) is 37.2 Å². The van der Waals surface area contributed by atoms with E-state index in [1.807, 2.05) is 22.8 Å². The van der Waals surface area contributed by atoms with Crippen LogP contribution in [0.3, 0.4) is 0 Å². The molecule has 1 N–H and O–H groups in total. The summed E-state index contributed by atoms with van der Waals surface area (Å²) in [6.07, 6.45) is 8.07. The third-order valence-corrected chi connectivity index (χ3v) is 4.32. The largest absolute Gasteiger partial charge is 0.342 e. The first-order valence-electron chi connectivity index (χ1n) is 7.22. The number of nitrogens with zero attached hydrogens (tertiary/aromatic N) is 3. The van der Waals surface area contributed by atoms with Gasteiger partial charge >= 0.3 is 0 Å². The average molecular weight is 335 g/mol. The highest BCUT2D eigenvalue weighted by Crippen LogP contribution is 2.27. The van der Waals surface area contributed by atoms with Crippen LogP contribution in [0.2, 0.25) is 0 Å². The molecular formula is C14H24Cl2N4O. The number of aromatic nitrogens is 2. The van der Waals surface area contributed by atoms with E-state index in [9.17, 15) is 4.79 Å². The molecule has 2 unspecified atom stereocenters. The Morgan fingerprint density at radius 3 is 2.86 bits per heavy atom. The molecule has 0 saturated carbocycles. The Morgan fingerprint density at radius 1 is 1.43 bits per heavy atom. The fraction of sp³-hybridized carbons (Fsp3) is 0.714. The molecule has 3 rings (SSSR count). The quantitative estimate of drug-likeness (QED) is 0.915. The number of carbonyl (C=O) groups excluding carboxylic acids is 1. The van der Waals surface area contributed by atoms with Gasteiger partial charge in [0.1, 0.15) is 0 Å². The van der Waals surface area contributed by atoms with Crippen molar-refractivity contribution in [3.8, 4) is 0 Å². The van der Waals surface area contributed by atoms with Crippen molar-refractivity contribution in [1.29, 1.82) is 0 Å². The lowest BCUT2D eigenvalue weighted by Crippen LogP contribution is -2.34. The normalized spacial score (nSPS) is 24.5. The molecular weight excluding hydrogens is 311 g/mol. The van der Waals surface area contributed by atoms with E-state index in [4.69, 9.17) is 0 Å². The monoisotopic (exact) mass is 334 g/mol. The zero-order valence-electron chi connectivity index (χ0n) is 12.3. The van der Waals surface area contributed by atoms with E-state index < -0.39 is 0 Å². The van der Waals surface area contributed by atoms with E-state index in [0.29, 0.717) is 24.3 Å². The molecule has 3 heterocycles. The van der Waals surface area contributed by atoms with Gasteiger partial charge in [-0.15, -0.1) is 24.8 Å². The predicted molar refractivity (Wildman–Crippen MR) is 87.3 cm³/mol. The third kappa shape index (κ3) is 4.34. The molecule has 7 heteroatoms. The molecule has 0 aliphatic carbocycles. The van der Waals surface area contributed by atoms with Crippen molar-refractivity contribution in [3.05, 3.63) is 18.0 Å². The molecule has 2 aliphatic rings. The first-order chi connectivity index (χ1) is 9.22. The van der Waals surface area contributed by atoms with Gasteiger partial charge in [-0.3, -0.25) is 9.48 Å². The fourth-order valence-electron chi connectivity index (χ4n) is 3.18. The van der Waals surface area contributed by atoms with Crippen molar-refractivity contribution in [3.63, 3.8) is 0 Å². The minimum atomic E-state index is 0. The van der Waals surface area contributed by atoms with Crippen LogP contribution >= 0.6 is 24.8 Å². The number of aryl methyl sites for hydroxylation is 1. The van der Waals surface area contributed by atoms with Gasteiger partial charge < -0.3 is 10.2 Å². The van der Waals surface area contributed by atoms with Crippen LogP contribution in [0.25, 0.3) is 0 Å². The highest BCUT2D eigenvalue weighted by Gasteiger charge is 2.29. The SMILES string of the molecule is Cl.Cl.Cn1cc(C2CCN(C(=O)CC3CCCN3)C2)cn1. The number of likely N-dealkylation sites (tertiary alicyclic amines) is 1. The maximum absolute atomic E-state index is 12.2. The summed E-state index contributed by atoms with van der Waals surface area (Å²) >= 11 is 0. The fourth-order valence-corrected chi connectivity index (χ4v) is 3.18. The van der Waals surface area contributed by atoms with Crippen LogP contribution in [-0.2, 0) is 11.8 Å². The molecule has 0 bridgehead atoms. The summed E-state index contributed by atoms with van der Waals surface area (Å²) in [6, 6.07) is 0.407.